The maximum Gasteiger partial charge on any atom is 0.275 e. The molecule has 5 nitrogen and oxygen atoms in total. The van der Waals surface area contributed by atoms with Gasteiger partial charge in [-0.3, -0.25) is 0 Å². The zero-order valence-corrected chi connectivity index (χ0v) is 5.74. The lowest BCUT2D eigenvalue weighted by molar-refractivity contribution is -0.0881. The molecule has 2 aliphatic rings. The van der Waals surface area contributed by atoms with Crippen molar-refractivity contribution in [2.24, 2.45) is 0 Å². The highest BCUT2D eigenvalue weighted by Crippen LogP contribution is 2.65. The van der Waals surface area contributed by atoms with Crippen LogP contribution in [0.3, 0.4) is 0 Å². The first-order chi connectivity index (χ1) is 5.70. The van der Waals surface area contributed by atoms with Crippen LogP contribution in [-0.2, 0) is 0 Å². The van der Waals surface area contributed by atoms with Gasteiger partial charge in [0.1, 0.15) is 5.56 Å². The third-order valence-corrected chi connectivity index (χ3v) is 2.05. The Labute approximate surface area is 66.4 Å². The van der Waals surface area contributed by atoms with Crippen molar-refractivity contribution in [2.75, 3.05) is 0 Å². The van der Waals surface area contributed by atoms with E-state index in [2.05, 4.69) is 0 Å². The van der Waals surface area contributed by atoms with Crippen molar-refractivity contribution in [3.8, 4) is 28.7 Å². The van der Waals surface area contributed by atoms with Gasteiger partial charge in [-0.05, 0) is 0 Å². The van der Waals surface area contributed by atoms with Crippen molar-refractivity contribution in [3.63, 3.8) is 0 Å². The smallest absolute Gasteiger partial charge is 0.275 e. The molecule has 2 heterocycles. The molecule has 0 spiro atoms. The number of benzene rings is 1. The van der Waals surface area contributed by atoms with Crippen molar-refractivity contribution in [1.29, 1.82) is 0 Å². The topological polar surface area (TPSA) is 79.2 Å². The molecule has 0 fully saturated rings. The van der Waals surface area contributed by atoms with Gasteiger partial charge in [-0.25, -0.2) is 0 Å². The predicted octanol–water partition coefficient (Wildman–Crippen LogP) is 0.587. The fraction of sp³-hybridized carbons (Fsp3) is 0.143. The Morgan fingerprint density at radius 3 is 1.75 bits per heavy atom. The van der Waals surface area contributed by atoms with Gasteiger partial charge in [0, 0.05) is 0 Å². The molecule has 0 saturated heterocycles. The van der Waals surface area contributed by atoms with Crippen molar-refractivity contribution < 1.29 is 24.8 Å². The first kappa shape index (κ1) is 5.82. The summed E-state index contributed by atoms with van der Waals surface area (Å²) in [7, 11) is 0. The predicted molar refractivity (Wildman–Crippen MR) is 35.4 cm³/mol. The Balaban J connectivity index is 2.41. The van der Waals surface area contributed by atoms with Gasteiger partial charge in [0.25, 0.3) is 6.29 Å². The molecular formula is C7H4O5. The molecule has 1 aromatic rings. The minimum atomic E-state index is -0.595. The fourth-order valence-corrected chi connectivity index (χ4v) is 1.38. The Kier molecular flexibility index (Phi) is 0.671. The van der Waals surface area contributed by atoms with E-state index in [9.17, 15) is 10.2 Å². The number of hydrogen-bond donors (Lipinski definition) is 3. The molecule has 0 aliphatic carbocycles. The van der Waals surface area contributed by atoms with Gasteiger partial charge in [-0.2, -0.15) is 0 Å². The van der Waals surface area contributed by atoms with Crippen molar-refractivity contribution in [1.82, 2.24) is 0 Å². The van der Waals surface area contributed by atoms with Crippen LogP contribution >= 0.6 is 0 Å². The Morgan fingerprint density at radius 1 is 0.833 bits per heavy atom. The van der Waals surface area contributed by atoms with E-state index >= 15 is 0 Å². The summed E-state index contributed by atoms with van der Waals surface area (Å²) in [5, 5.41) is 27.4. The molecular weight excluding hydrogens is 164 g/mol. The van der Waals surface area contributed by atoms with Crippen LogP contribution in [0.1, 0.15) is 11.9 Å². The molecule has 0 atom stereocenters. The van der Waals surface area contributed by atoms with Crippen molar-refractivity contribution >= 4 is 0 Å². The SMILES string of the molecule is Oc1c(O)c2c3c(c1O)OC3O2. The van der Waals surface area contributed by atoms with Crippen LogP contribution in [0.4, 0.5) is 0 Å². The Bertz CT molecular complexity index is 315. The van der Waals surface area contributed by atoms with Gasteiger partial charge in [-0.1, -0.05) is 0 Å². The molecule has 0 aromatic heterocycles. The highest BCUT2D eigenvalue weighted by molar-refractivity contribution is 5.74. The summed E-state index contributed by atoms with van der Waals surface area (Å²) in [6.45, 7) is 0. The second-order valence-electron chi connectivity index (χ2n) is 2.69. The van der Waals surface area contributed by atoms with E-state index in [1.165, 1.54) is 0 Å². The second-order valence-corrected chi connectivity index (χ2v) is 2.69. The largest absolute Gasteiger partial charge is 0.502 e. The number of hydrogen-bond acceptors (Lipinski definition) is 5. The summed E-state index contributed by atoms with van der Waals surface area (Å²) in [6, 6.07) is 0. The summed E-state index contributed by atoms with van der Waals surface area (Å²) in [4.78, 5) is 0. The van der Waals surface area contributed by atoms with Gasteiger partial charge in [0.2, 0.25) is 17.2 Å². The highest BCUT2D eigenvalue weighted by atomic mass is 16.7. The molecule has 62 valence electrons. The van der Waals surface area contributed by atoms with Crippen LogP contribution in [0.2, 0.25) is 0 Å². The van der Waals surface area contributed by atoms with Crippen LogP contribution in [-0.4, -0.2) is 15.3 Å². The van der Waals surface area contributed by atoms with Crippen LogP contribution < -0.4 is 9.47 Å². The molecule has 12 heavy (non-hydrogen) atoms. The zero-order valence-electron chi connectivity index (χ0n) is 5.74. The van der Waals surface area contributed by atoms with Gasteiger partial charge in [0.15, 0.2) is 11.5 Å². The first-order valence-electron chi connectivity index (χ1n) is 3.34. The average Bonchev–Trinajstić information content (AvgIpc) is 2.02. The molecule has 0 unspecified atom stereocenters. The van der Waals surface area contributed by atoms with Crippen LogP contribution in [0.5, 0.6) is 28.7 Å². The normalized spacial score (nSPS) is 16.7. The summed E-state index contributed by atoms with van der Waals surface area (Å²) in [5.41, 5.74) is 0.628. The van der Waals surface area contributed by atoms with E-state index in [0.717, 1.165) is 0 Å². The molecule has 3 rings (SSSR count). The molecule has 0 radical (unpaired) electrons. The minimum Gasteiger partial charge on any atom is -0.502 e. The van der Waals surface area contributed by atoms with E-state index in [4.69, 9.17) is 14.6 Å². The molecule has 1 aromatic carbocycles. The van der Waals surface area contributed by atoms with E-state index in [0.29, 0.717) is 5.56 Å². The Morgan fingerprint density at radius 2 is 1.33 bits per heavy atom. The lowest BCUT2D eigenvalue weighted by atomic mass is 10.0. The lowest BCUT2D eigenvalue weighted by Crippen LogP contribution is -2.33. The summed E-state index contributed by atoms with van der Waals surface area (Å²) < 4.78 is 9.77. The van der Waals surface area contributed by atoms with Crippen LogP contribution in [0.15, 0.2) is 0 Å². The number of aromatic hydroxyl groups is 3. The second kappa shape index (κ2) is 1.38. The summed E-state index contributed by atoms with van der Waals surface area (Å²) >= 11 is 0. The number of ether oxygens (including phenoxy) is 2. The average molecular weight is 168 g/mol. The molecule has 2 aliphatic heterocycles. The van der Waals surface area contributed by atoms with Gasteiger partial charge >= 0.3 is 0 Å². The standard InChI is InChI=1S/C7H4O5/c8-2-3(9)5-1-6(4(2)10)12-7(1)11-5/h7-10H. The molecule has 0 amide bonds. The van der Waals surface area contributed by atoms with Gasteiger partial charge in [-0.15, -0.1) is 0 Å². The van der Waals surface area contributed by atoms with E-state index in [1.54, 1.807) is 0 Å². The van der Waals surface area contributed by atoms with Crippen molar-refractivity contribution in [2.45, 2.75) is 6.29 Å². The summed E-state index contributed by atoms with van der Waals surface area (Å²) in [6.07, 6.45) is -0.465. The molecule has 0 bridgehead atoms. The first-order valence-corrected chi connectivity index (χ1v) is 3.34. The third-order valence-electron chi connectivity index (χ3n) is 2.05. The maximum atomic E-state index is 9.17. The van der Waals surface area contributed by atoms with E-state index < -0.39 is 23.5 Å². The molecule has 3 N–H and O–H groups in total. The summed E-state index contributed by atoms with van der Waals surface area (Å²) in [5.74, 6) is -1.04. The van der Waals surface area contributed by atoms with Crippen LogP contribution in [0.25, 0.3) is 0 Å². The number of rotatable bonds is 0. The maximum absolute atomic E-state index is 9.17. The lowest BCUT2D eigenvalue weighted by Gasteiger charge is -2.40. The fourth-order valence-electron chi connectivity index (χ4n) is 1.38. The monoisotopic (exact) mass is 168 g/mol. The van der Waals surface area contributed by atoms with Crippen molar-refractivity contribution in [3.05, 3.63) is 5.56 Å². The Hall–Kier alpha value is -1.78. The zero-order chi connectivity index (χ0) is 8.46. The quantitative estimate of drug-likeness (QED) is 0.494. The third kappa shape index (κ3) is 0.366. The van der Waals surface area contributed by atoms with E-state index in [-0.39, 0.29) is 11.5 Å². The molecule has 5 heteroatoms. The van der Waals surface area contributed by atoms with Crippen LogP contribution in [0, 0.1) is 0 Å². The van der Waals surface area contributed by atoms with Gasteiger partial charge in [0.05, 0.1) is 0 Å². The highest BCUT2D eigenvalue weighted by Gasteiger charge is 2.49. The minimum absolute atomic E-state index is 0.205. The van der Waals surface area contributed by atoms with E-state index in [1.807, 2.05) is 0 Å². The van der Waals surface area contributed by atoms with Gasteiger partial charge < -0.3 is 24.8 Å². The number of phenolic OH excluding ortho intramolecular Hbond substituents is 3. The number of phenols is 3. The molecule has 0 saturated carbocycles.